The molecule has 5 heteroatoms. The molecular formula is C12H22N4S. The Balaban J connectivity index is 1.95. The Morgan fingerprint density at radius 3 is 2.53 bits per heavy atom. The van der Waals surface area contributed by atoms with E-state index in [1.165, 1.54) is 25.7 Å². The van der Waals surface area contributed by atoms with Crippen LogP contribution in [0.3, 0.4) is 0 Å². The smallest absolute Gasteiger partial charge is 0.205 e. The molecule has 1 aliphatic carbocycles. The van der Waals surface area contributed by atoms with Gasteiger partial charge in [-0.1, -0.05) is 31.1 Å². The van der Waals surface area contributed by atoms with E-state index in [0.717, 1.165) is 23.1 Å². The summed E-state index contributed by atoms with van der Waals surface area (Å²) in [6.45, 7) is 3.10. The summed E-state index contributed by atoms with van der Waals surface area (Å²) < 4.78 is 0. The number of nitrogens with one attached hydrogen (secondary N) is 1. The van der Waals surface area contributed by atoms with Crippen molar-refractivity contribution >= 4 is 16.5 Å². The second-order valence-electron chi connectivity index (χ2n) is 5.03. The van der Waals surface area contributed by atoms with Crippen LogP contribution in [0.25, 0.3) is 0 Å². The molecule has 1 saturated carbocycles. The zero-order valence-corrected chi connectivity index (χ0v) is 11.8. The van der Waals surface area contributed by atoms with Gasteiger partial charge >= 0.3 is 0 Å². The van der Waals surface area contributed by atoms with Gasteiger partial charge in [-0.25, -0.2) is 0 Å². The maximum absolute atomic E-state index is 4.18. The minimum absolute atomic E-state index is 0.318. The van der Waals surface area contributed by atoms with E-state index >= 15 is 0 Å². The molecule has 0 aliphatic heterocycles. The van der Waals surface area contributed by atoms with Crippen molar-refractivity contribution in [2.75, 3.05) is 26.0 Å². The first-order chi connectivity index (χ1) is 8.16. The lowest BCUT2D eigenvalue weighted by Crippen LogP contribution is -2.47. The maximum atomic E-state index is 4.18. The van der Waals surface area contributed by atoms with Gasteiger partial charge in [0.1, 0.15) is 5.01 Å². The van der Waals surface area contributed by atoms with E-state index in [9.17, 15) is 0 Å². The molecule has 1 aromatic heterocycles. The molecule has 0 spiro atoms. The minimum atomic E-state index is 0.318. The summed E-state index contributed by atoms with van der Waals surface area (Å²) in [7, 11) is 4.37. The van der Waals surface area contributed by atoms with Crippen molar-refractivity contribution in [3.05, 3.63) is 5.01 Å². The molecule has 1 fully saturated rings. The van der Waals surface area contributed by atoms with Gasteiger partial charge in [-0.05, 0) is 33.4 Å². The van der Waals surface area contributed by atoms with E-state index in [0.29, 0.717) is 5.54 Å². The number of aromatic nitrogens is 2. The summed E-state index contributed by atoms with van der Waals surface area (Å²) in [6.07, 6.45) is 6.23. The number of aryl methyl sites for hydroxylation is 1. The highest BCUT2D eigenvalue weighted by Gasteiger charge is 2.35. The predicted molar refractivity (Wildman–Crippen MR) is 72.7 cm³/mol. The van der Waals surface area contributed by atoms with Crippen LogP contribution in [0.2, 0.25) is 0 Å². The van der Waals surface area contributed by atoms with Gasteiger partial charge in [0.15, 0.2) is 0 Å². The molecule has 4 nitrogen and oxygen atoms in total. The fourth-order valence-corrected chi connectivity index (χ4v) is 3.20. The first-order valence-corrected chi connectivity index (χ1v) is 7.21. The normalized spacial score (nSPS) is 18.8. The predicted octanol–water partition coefficient (Wildman–Crippen LogP) is 2.39. The van der Waals surface area contributed by atoms with Crippen molar-refractivity contribution < 1.29 is 0 Å². The van der Waals surface area contributed by atoms with Crippen molar-refractivity contribution in [1.82, 2.24) is 15.1 Å². The van der Waals surface area contributed by atoms with Crippen LogP contribution >= 0.6 is 11.3 Å². The highest BCUT2D eigenvalue weighted by Crippen LogP contribution is 2.34. The van der Waals surface area contributed by atoms with Crippen LogP contribution < -0.4 is 5.32 Å². The number of hydrogen-bond donors (Lipinski definition) is 1. The van der Waals surface area contributed by atoms with Crippen LogP contribution in [0, 0.1) is 0 Å². The van der Waals surface area contributed by atoms with E-state index < -0.39 is 0 Å². The van der Waals surface area contributed by atoms with Crippen LogP contribution in [0.15, 0.2) is 0 Å². The molecule has 0 saturated heterocycles. The Morgan fingerprint density at radius 2 is 2.00 bits per heavy atom. The Kier molecular flexibility index (Phi) is 3.99. The molecule has 0 bridgehead atoms. The highest BCUT2D eigenvalue weighted by atomic mass is 32.1. The van der Waals surface area contributed by atoms with Crippen molar-refractivity contribution in [3.8, 4) is 0 Å². The SMILES string of the molecule is CCc1nnc(NCC2(N(C)C)CCCC2)s1. The van der Waals surface area contributed by atoms with E-state index in [2.05, 4.69) is 41.4 Å². The molecule has 0 atom stereocenters. The Labute approximate surface area is 107 Å². The number of rotatable bonds is 5. The molecular weight excluding hydrogens is 232 g/mol. The van der Waals surface area contributed by atoms with Crippen molar-refractivity contribution in [2.24, 2.45) is 0 Å². The zero-order valence-electron chi connectivity index (χ0n) is 11.0. The third kappa shape index (κ3) is 2.77. The molecule has 0 aromatic carbocycles. The minimum Gasteiger partial charge on any atom is -0.358 e. The summed E-state index contributed by atoms with van der Waals surface area (Å²) in [6, 6.07) is 0. The topological polar surface area (TPSA) is 41.1 Å². The second kappa shape index (κ2) is 5.31. The van der Waals surface area contributed by atoms with Gasteiger partial charge in [-0.15, -0.1) is 10.2 Å². The van der Waals surface area contributed by atoms with Crippen molar-refractivity contribution in [1.29, 1.82) is 0 Å². The van der Waals surface area contributed by atoms with Crippen molar-refractivity contribution in [3.63, 3.8) is 0 Å². The standard InChI is InChI=1S/C12H22N4S/c1-4-10-14-15-11(17-10)13-9-12(16(2)3)7-5-6-8-12/h4-9H2,1-3H3,(H,13,15). The maximum Gasteiger partial charge on any atom is 0.205 e. The fraction of sp³-hybridized carbons (Fsp3) is 0.833. The quantitative estimate of drug-likeness (QED) is 0.876. The van der Waals surface area contributed by atoms with Crippen LogP contribution in [-0.4, -0.2) is 41.3 Å². The summed E-state index contributed by atoms with van der Waals surface area (Å²) in [5.41, 5.74) is 0.318. The molecule has 1 heterocycles. The molecule has 0 unspecified atom stereocenters. The Bertz CT molecular complexity index is 355. The molecule has 0 amide bonds. The average Bonchev–Trinajstić information content (AvgIpc) is 2.96. The molecule has 1 N–H and O–H groups in total. The number of anilines is 1. The Hall–Kier alpha value is -0.680. The average molecular weight is 254 g/mol. The molecule has 96 valence electrons. The third-order valence-corrected chi connectivity index (χ3v) is 4.85. The first-order valence-electron chi connectivity index (χ1n) is 6.40. The third-order valence-electron chi connectivity index (χ3n) is 3.82. The van der Waals surface area contributed by atoms with Crippen LogP contribution in [0.1, 0.15) is 37.6 Å². The molecule has 2 rings (SSSR count). The summed E-state index contributed by atoms with van der Waals surface area (Å²) in [4.78, 5) is 2.37. The second-order valence-corrected chi connectivity index (χ2v) is 6.10. The molecule has 17 heavy (non-hydrogen) atoms. The summed E-state index contributed by atoms with van der Waals surface area (Å²) in [5, 5.41) is 13.9. The largest absolute Gasteiger partial charge is 0.358 e. The molecule has 0 radical (unpaired) electrons. The summed E-state index contributed by atoms with van der Waals surface area (Å²) >= 11 is 1.67. The van der Waals surface area contributed by atoms with Gasteiger partial charge in [0, 0.05) is 12.1 Å². The van der Waals surface area contributed by atoms with E-state index in [4.69, 9.17) is 0 Å². The lowest BCUT2D eigenvalue weighted by molar-refractivity contribution is 0.172. The lowest BCUT2D eigenvalue weighted by atomic mass is 9.96. The summed E-state index contributed by atoms with van der Waals surface area (Å²) in [5.74, 6) is 0. The lowest BCUT2D eigenvalue weighted by Gasteiger charge is -2.36. The van der Waals surface area contributed by atoms with Gasteiger partial charge in [0.05, 0.1) is 0 Å². The number of nitrogens with zero attached hydrogens (tertiary/aromatic N) is 3. The van der Waals surface area contributed by atoms with Crippen molar-refractivity contribution in [2.45, 2.75) is 44.6 Å². The van der Waals surface area contributed by atoms with E-state index in [1.807, 2.05) is 0 Å². The molecule has 1 aliphatic rings. The van der Waals surface area contributed by atoms with Gasteiger partial charge in [0.2, 0.25) is 5.13 Å². The van der Waals surface area contributed by atoms with Crippen LogP contribution in [0.5, 0.6) is 0 Å². The van der Waals surface area contributed by atoms with E-state index in [-0.39, 0.29) is 0 Å². The highest BCUT2D eigenvalue weighted by molar-refractivity contribution is 7.15. The van der Waals surface area contributed by atoms with Crippen LogP contribution in [0.4, 0.5) is 5.13 Å². The monoisotopic (exact) mass is 254 g/mol. The van der Waals surface area contributed by atoms with Gasteiger partial charge in [-0.2, -0.15) is 0 Å². The first kappa shape index (κ1) is 12.8. The van der Waals surface area contributed by atoms with Gasteiger partial charge < -0.3 is 10.2 Å². The van der Waals surface area contributed by atoms with Gasteiger partial charge in [-0.3, -0.25) is 0 Å². The Morgan fingerprint density at radius 1 is 1.29 bits per heavy atom. The van der Waals surface area contributed by atoms with Crippen LogP contribution in [-0.2, 0) is 6.42 Å². The number of hydrogen-bond acceptors (Lipinski definition) is 5. The zero-order chi connectivity index (χ0) is 12.3. The van der Waals surface area contributed by atoms with E-state index in [1.54, 1.807) is 11.3 Å². The fourth-order valence-electron chi connectivity index (χ4n) is 2.52. The molecule has 1 aromatic rings. The number of likely N-dealkylation sites (N-methyl/N-ethyl adjacent to an activating group) is 1. The van der Waals surface area contributed by atoms with Gasteiger partial charge in [0.25, 0.3) is 0 Å².